The topological polar surface area (TPSA) is 90.9 Å². The van der Waals surface area contributed by atoms with Gasteiger partial charge >= 0.3 is 6.09 Å². The molecule has 2 saturated heterocycles. The number of cyclic esters (lactones) is 1. The first-order chi connectivity index (χ1) is 16.4. The lowest BCUT2D eigenvalue weighted by Crippen LogP contribution is -2.72. The van der Waals surface area contributed by atoms with E-state index in [9.17, 15) is 9.59 Å². The minimum absolute atomic E-state index is 0.0150. The first-order valence-electron chi connectivity index (χ1n) is 11.9. The van der Waals surface area contributed by atoms with Gasteiger partial charge in [-0.15, -0.1) is 0 Å². The first-order valence-corrected chi connectivity index (χ1v) is 11.9. The van der Waals surface area contributed by atoms with Gasteiger partial charge in [0.05, 0.1) is 17.8 Å². The summed E-state index contributed by atoms with van der Waals surface area (Å²) in [6.07, 6.45) is 2.34. The van der Waals surface area contributed by atoms with Gasteiger partial charge in [-0.3, -0.25) is 9.80 Å². The molecule has 1 N–H and O–H groups in total. The molecule has 0 radical (unpaired) electrons. The van der Waals surface area contributed by atoms with Crippen LogP contribution in [-0.4, -0.2) is 71.6 Å². The predicted molar refractivity (Wildman–Crippen MR) is 131 cm³/mol. The van der Waals surface area contributed by atoms with Crippen LogP contribution in [-0.2, 0) is 22.7 Å². The monoisotopic (exact) mass is 462 g/mol. The number of carbonyl (C=O) groups excluding carboxylic acids is 2. The van der Waals surface area contributed by atoms with E-state index in [-0.39, 0.29) is 24.8 Å². The Labute approximate surface area is 200 Å². The second-order valence-corrected chi connectivity index (χ2v) is 10.1. The molecule has 3 aliphatic heterocycles. The van der Waals surface area contributed by atoms with E-state index in [0.717, 1.165) is 50.0 Å². The maximum Gasteiger partial charge on any atom is 0.416 e. The third-order valence-corrected chi connectivity index (χ3v) is 6.93. The van der Waals surface area contributed by atoms with Gasteiger partial charge < -0.3 is 19.7 Å². The van der Waals surface area contributed by atoms with Gasteiger partial charge in [0.25, 0.3) is 7.41 Å². The second kappa shape index (κ2) is 9.00. The van der Waals surface area contributed by atoms with Crippen molar-refractivity contribution in [1.29, 1.82) is 0 Å². The van der Waals surface area contributed by atoms with Crippen LogP contribution >= 0.6 is 0 Å². The Morgan fingerprint density at radius 2 is 1.91 bits per heavy atom. The Morgan fingerprint density at radius 3 is 2.59 bits per heavy atom. The van der Waals surface area contributed by atoms with Crippen molar-refractivity contribution in [2.45, 2.75) is 46.0 Å². The van der Waals surface area contributed by atoms with Gasteiger partial charge in [-0.2, -0.15) is 4.98 Å². The van der Waals surface area contributed by atoms with Crippen LogP contribution in [0.15, 0.2) is 30.5 Å². The summed E-state index contributed by atoms with van der Waals surface area (Å²) < 4.78 is 5.22. The van der Waals surface area contributed by atoms with Crippen LogP contribution in [0.4, 0.5) is 16.6 Å². The van der Waals surface area contributed by atoms with Crippen molar-refractivity contribution >= 4 is 31.5 Å². The number of nitrogens with zero attached hydrogens (tertiary/aromatic N) is 5. The quantitative estimate of drug-likeness (QED) is 0.472. The van der Waals surface area contributed by atoms with Gasteiger partial charge in [0.2, 0.25) is 5.95 Å². The molecule has 2 aromatic rings. The minimum atomic E-state index is -0.375. The Kier molecular flexibility index (Phi) is 6.03. The van der Waals surface area contributed by atoms with E-state index < -0.39 is 0 Å². The minimum Gasteiger partial charge on any atom is -0.444 e. The fourth-order valence-electron chi connectivity index (χ4n) is 5.33. The van der Waals surface area contributed by atoms with E-state index in [4.69, 9.17) is 4.74 Å². The largest absolute Gasteiger partial charge is 0.444 e. The molecule has 3 aliphatic rings. The van der Waals surface area contributed by atoms with E-state index in [1.165, 1.54) is 5.56 Å². The number of aromatic nitrogens is 2. The van der Waals surface area contributed by atoms with Gasteiger partial charge in [-0.25, -0.2) is 9.78 Å². The summed E-state index contributed by atoms with van der Waals surface area (Å²) in [5.41, 5.74) is 3.67. The molecule has 1 aromatic carbocycles. The number of anilines is 2. The van der Waals surface area contributed by atoms with Crippen LogP contribution in [0, 0.1) is 5.41 Å². The fourth-order valence-corrected chi connectivity index (χ4v) is 5.33. The van der Waals surface area contributed by atoms with E-state index in [2.05, 4.69) is 56.2 Å². The average Bonchev–Trinajstić information content (AvgIpc) is 2.76. The Balaban J connectivity index is 1.17. The molecule has 1 atom stereocenters. The number of benzene rings is 1. The number of amides is 1. The summed E-state index contributed by atoms with van der Waals surface area (Å²) in [5, 5.41) is 3.36. The van der Waals surface area contributed by atoms with Crippen molar-refractivity contribution < 1.29 is 14.3 Å². The fraction of sp³-hybridized carbons (Fsp3) is 0.500. The first kappa shape index (κ1) is 22.8. The molecule has 1 aromatic heterocycles. The highest BCUT2D eigenvalue weighted by Crippen LogP contribution is 2.39. The molecule has 178 valence electrons. The van der Waals surface area contributed by atoms with Crippen molar-refractivity contribution in [2.75, 3.05) is 36.4 Å². The molecule has 0 unspecified atom stereocenters. The van der Waals surface area contributed by atoms with Crippen LogP contribution in [0.5, 0.6) is 0 Å². The van der Waals surface area contributed by atoms with Crippen LogP contribution in [0.25, 0.3) is 0 Å². The van der Waals surface area contributed by atoms with Gasteiger partial charge in [-0.05, 0) is 45.0 Å². The highest BCUT2D eigenvalue weighted by Gasteiger charge is 2.50. The molecular weight excluding hydrogens is 431 g/mol. The van der Waals surface area contributed by atoms with Crippen molar-refractivity contribution in [2.24, 2.45) is 5.41 Å². The molecule has 0 bridgehead atoms. The zero-order valence-corrected chi connectivity index (χ0v) is 20.0. The molecule has 0 saturated carbocycles. The molecule has 0 aliphatic carbocycles. The lowest BCUT2D eigenvalue weighted by molar-refractivity contribution is -0.0855. The summed E-state index contributed by atoms with van der Waals surface area (Å²) in [5.74, 6) is 1.10. The molecule has 1 amide bonds. The smallest absolute Gasteiger partial charge is 0.416 e. The van der Waals surface area contributed by atoms with Gasteiger partial charge in [-0.1, -0.05) is 24.3 Å². The zero-order chi connectivity index (χ0) is 23.9. The summed E-state index contributed by atoms with van der Waals surface area (Å²) in [4.78, 5) is 38.1. The Bertz CT molecular complexity index is 1060. The number of carbonyl (C=O) groups is 2. The molecule has 4 heterocycles. The summed E-state index contributed by atoms with van der Waals surface area (Å²) >= 11 is 0. The predicted octanol–water partition coefficient (Wildman–Crippen LogP) is 2.17. The maximum atomic E-state index is 12.2. The highest BCUT2D eigenvalue weighted by atomic mass is 16.6. The second-order valence-electron chi connectivity index (χ2n) is 10.1. The summed E-state index contributed by atoms with van der Waals surface area (Å²) in [6, 6.07) is 8.62. The number of hydrogen-bond acceptors (Lipinski definition) is 8. The number of rotatable bonds is 8. The molecule has 34 heavy (non-hydrogen) atoms. The number of hydrogen-bond donors (Lipinski definition) is 1. The van der Waals surface area contributed by atoms with Gasteiger partial charge in [0.1, 0.15) is 12.4 Å². The van der Waals surface area contributed by atoms with Gasteiger partial charge in [0, 0.05) is 37.3 Å². The third kappa shape index (κ3) is 4.39. The molecule has 9 nitrogen and oxygen atoms in total. The van der Waals surface area contributed by atoms with Crippen molar-refractivity contribution in [3.05, 3.63) is 47.2 Å². The van der Waals surface area contributed by atoms with Gasteiger partial charge in [0.15, 0.2) is 0 Å². The molecule has 5 rings (SSSR count). The third-order valence-electron chi connectivity index (χ3n) is 6.93. The molecule has 1 spiro atoms. The van der Waals surface area contributed by atoms with E-state index in [1.807, 2.05) is 13.8 Å². The Morgan fingerprint density at radius 1 is 1.18 bits per heavy atom. The normalized spacial score (nSPS) is 20.2. The zero-order valence-electron chi connectivity index (χ0n) is 20.0. The SMILES string of the molecule is CC(C)N1C(=O)OCc2cnc(N[C@@H](C)c3ccc(CN4CC5(CN(BC=O)C5)C4)cc3)nc21. The van der Waals surface area contributed by atoms with E-state index in [0.29, 0.717) is 24.6 Å². The summed E-state index contributed by atoms with van der Waals surface area (Å²) in [6.45, 7) is 11.4. The van der Waals surface area contributed by atoms with Crippen molar-refractivity contribution in [3.63, 3.8) is 0 Å². The van der Waals surface area contributed by atoms with Crippen LogP contribution in [0.2, 0.25) is 0 Å². The number of fused-ring (bicyclic) bond motifs is 1. The average molecular weight is 462 g/mol. The van der Waals surface area contributed by atoms with E-state index in [1.54, 1.807) is 11.1 Å². The molecule has 2 fully saturated rings. The maximum absolute atomic E-state index is 12.2. The van der Waals surface area contributed by atoms with Crippen LogP contribution in [0.3, 0.4) is 0 Å². The Hall–Kier alpha value is -2.98. The molecular formula is C24H31BN6O3. The standard InChI is InChI=1S/C24H31BN6O3/c1-16(2)31-21-20(10-34-23(31)33)8-26-22(28-21)27-17(3)19-6-4-18(5-7-19)9-29-11-24(12-29)13-30(14-24)25-15-32/h4-8,15-17,25H,9-14H2,1-3H3,(H,26,27,28)/t17-/m0/s1. The number of ether oxygens (including phenoxy) is 1. The van der Waals surface area contributed by atoms with E-state index >= 15 is 0 Å². The number of nitrogens with one attached hydrogen (secondary N) is 1. The van der Waals surface area contributed by atoms with Crippen LogP contribution in [0.1, 0.15) is 43.5 Å². The van der Waals surface area contributed by atoms with Crippen molar-refractivity contribution in [3.8, 4) is 0 Å². The lowest BCUT2D eigenvalue weighted by atomic mass is 9.68. The number of likely N-dealkylation sites (tertiary alicyclic amines) is 1. The van der Waals surface area contributed by atoms with Crippen LogP contribution < -0.4 is 10.2 Å². The summed E-state index contributed by atoms with van der Waals surface area (Å²) in [7, 11) is 0.564. The molecule has 10 heteroatoms. The van der Waals surface area contributed by atoms with Crippen molar-refractivity contribution in [1.82, 2.24) is 19.7 Å². The highest BCUT2D eigenvalue weighted by molar-refractivity contribution is 6.64. The lowest BCUT2D eigenvalue weighted by Gasteiger charge is -2.60.